The van der Waals surface area contributed by atoms with Crippen molar-refractivity contribution in [2.24, 2.45) is 11.8 Å². The summed E-state index contributed by atoms with van der Waals surface area (Å²) in [7, 11) is 0. The third-order valence-corrected chi connectivity index (χ3v) is 8.99. The lowest BCUT2D eigenvalue weighted by Crippen LogP contribution is -2.31. The molecule has 0 aromatic carbocycles. The molecule has 3 atom stereocenters. The Hall–Kier alpha value is -2.64. The van der Waals surface area contributed by atoms with E-state index in [-0.39, 0.29) is 31.3 Å². The fourth-order valence-electron chi connectivity index (χ4n) is 6.06. The van der Waals surface area contributed by atoms with Crippen molar-refractivity contribution in [3.8, 4) is 0 Å². The van der Waals surface area contributed by atoms with E-state index in [2.05, 4.69) is 38.2 Å². The highest BCUT2D eigenvalue weighted by Gasteiger charge is 2.31. The molecule has 0 heterocycles. The summed E-state index contributed by atoms with van der Waals surface area (Å²) >= 11 is 0. The quantitative estimate of drug-likeness (QED) is 0.0342. The zero-order valence-electron chi connectivity index (χ0n) is 30.5. The maximum absolute atomic E-state index is 13.7. The lowest BCUT2D eigenvalue weighted by Gasteiger charge is -2.25. The van der Waals surface area contributed by atoms with Crippen LogP contribution in [0.2, 0.25) is 0 Å². The van der Waals surface area contributed by atoms with Crippen molar-refractivity contribution in [2.75, 3.05) is 0 Å². The number of aliphatic carboxylic acids is 3. The van der Waals surface area contributed by atoms with E-state index < -0.39 is 29.8 Å². The molecule has 0 saturated carbocycles. The molecule has 48 heavy (non-hydrogen) atoms. The van der Waals surface area contributed by atoms with E-state index >= 15 is 0 Å². The van der Waals surface area contributed by atoms with Crippen LogP contribution in [-0.2, 0) is 23.9 Å². The number of allylic oxidation sites excluding steroid dienone is 3. The number of carboxylic acid groups (broad SMARTS) is 3. The number of unbranched alkanes of at least 4 members (excludes halogenated alkanes) is 17. The van der Waals surface area contributed by atoms with Crippen LogP contribution in [0.1, 0.15) is 187 Å². The maximum atomic E-state index is 13.7. The first-order valence-electron chi connectivity index (χ1n) is 19.4. The summed E-state index contributed by atoms with van der Waals surface area (Å²) < 4.78 is 6.13. The first-order valence-corrected chi connectivity index (χ1v) is 19.4. The summed E-state index contributed by atoms with van der Waals surface area (Å²) in [5.74, 6) is -3.87. The second kappa shape index (κ2) is 32.9. The van der Waals surface area contributed by atoms with Gasteiger partial charge in [-0.25, -0.2) is 0 Å². The van der Waals surface area contributed by atoms with Crippen molar-refractivity contribution in [3.05, 3.63) is 24.3 Å². The topological polar surface area (TPSA) is 138 Å². The van der Waals surface area contributed by atoms with Gasteiger partial charge >= 0.3 is 23.9 Å². The number of carboxylic acids is 3. The molecule has 278 valence electrons. The monoisotopic (exact) mass is 679 g/mol. The summed E-state index contributed by atoms with van der Waals surface area (Å²) in [5, 5.41) is 27.5. The number of carbonyl (C=O) groups excluding carboxylic acids is 1. The van der Waals surface area contributed by atoms with Gasteiger partial charge in [0.25, 0.3) is 0 Å². The Balaban J connectivity index is 5.38. The maximum Gasteiger partial charge on any atom is 0.310 e. The zero-order valence-corrected chi connectivity index (χ0v) is 30.5. The predicted octanol–water partition coefficient (Wildman–Crippen LogP) is 11.1. The van der Waals surface area contributed by atoms with Crippen molar-refractivity contribution in [1.82, 2.24) is 0 Å². The summed E-state index contributed by atoms with van der Waals surface area (Å²) in [6.07, 6.45) is 31.4. The molecule has 0 bridgehead atoms. The van der Waals surface area contributed by atoms with Gasteiger partial charge in [0, 0.05) is 19.3 Å². The first-order chi connectivity index (χ1) is 23.2. The van der Waals surface area contributed by atoms with Crippen LogP contribution in [0, 0.1) is 11.8 Å². The Labute approximate surface area is 292 Å². The van der Waals surface area contributed by atoms with Crippen molar-refractivity contribution in [2.45, 2.75) is 193 Å². The highest BCUT2D eigenvalue weighted by molar-refractivity contribution is 5.79. The van der Waals surface area contributed by atoms with Gasteiger partial charge < -0.3 is 20.1 Å². The SMILES string of the molecule is CCCCCCC/C=C\C(CCCCCCCC(=O)O)C(CC(=O)O)C(=O)OC(C/C=C\CCCCCCCC(=O)O)CCCCCC. The Kier molecular flexibility index (Phi) is 31.1. The molecule has 8 heteroatoms. The average molecular weight is 679 g/mol. The van der Waals surface area contributed by atoms with Gasteiger partial charge in [0.1, 0.15) is 6.10 Å². The number of ether oxygens (including phenoxy) is 1. The molecule has 0 spiro atoms. The number of carbonyl (C=O) groups is 4. The predicted molar refractivity (Wildman–Crippen MR) is 194 cm³/mol. The van der Waals surface area contributed by atoms with Crippen molar-refractivity contribution < 1.29 is 39.2 Å². The summed E-state index contributed by atoms with van der Waals surface area (Å²) in [6, 6.07) is 0. The summed E-state index contributed by atoms with van der Waals surface area (Å²) in [4.78, 5) is 47.2. The Morgan fingerprint density at radius 1 is 0.542 bits per heavy atom. The zero-order chi connectivity index (χ0) is 35.7. The third kappa shape index (κ3) is 29.5. The molecule has 0 radical (unpaired) electrons. The molecular weight excluding hydrogens is 608 g/mol. The van der Waals surface area contributed by atoms with Crippen LogP contribution in [0.3, 0.4) is 0 Å². The van der Waals surface area contributed by atoms with Gasteiger partial charge in [0.2, 0.25) is 0 Å². The molecular formula is C40H70O8. The Morgan fingerprint density at radius 2 is 1.02 bits per heavy atom. The summed E-state index contributed by atoms with van der Waals surface area (Å²) in [5.41, 5.74) is 0. The molecule has 0 rings (SSSR count). The summed E-state index contributed by atoms with van der Waals surface area (Å²) in [6.45, 7) is 4.36. The number of hydrogen-bond donors (Lipinski definition) is 3. The van der Waals surface area contributed by atoms with Gasteiger partial charge in [-0.3, -0.25) is 19.2 Å². The van der Waals surface area contributed by atoms with E-state index in [1.807, 2.05) is 0 Å². The highest BCUT2D eigenvalue weighted by atomic mass is 16.5. The molecule has 8 nitrogen and oxygen atoms in total. The van der Waals surface area contributed by atoms with Gasteiger partial charge in [0.15, 0.2) is 0 Å². The van der Waals surface area contributed by atoms with Gasteiger partial charge in [-0.1, -0.05) is 128 Å². The van der Waals surface area contributed by atoms with E-state index in [0.29, 0.717) is 19.3 Å². The minimum atomic E-state index is -0.995. The normalized spacial score (nSPS) is 13.5. The molecule has 0 fully saturated rings. The fourth-order valence-corrected chi connectivity index (χ4v) is 6.06. The molecule has 3 unspecified atom stereocenters. The van der Waals surface area contributed by atoms with Crippen LogP contribution in [-0.4, -0.2) is 45.3 Å². The van der Waals surface area contributed by atoms with Crippen LogP contribution in [0.25, 0.3) is 0 Å². The molecule has 0 aliphatic carbocycles. The van der Waals surface area contributed by atoms with E-state index in [0.717, 1.165) is 109 Å². The average Bonchev–Trinajstić information content (AvgIpc) is 3.04. The molecule has 0 amide bonds. The lowest BCUT2D eigenvalue weighted by molar-refractivity contribution is -0.159. The second-order valence-electron chi connectivity index (χ2n) is 13.5. The van der Waals surface area contributed by atoms with Gasteiger partial charge in [-0.05, 0) is 63.7 Å². The van der Waals surface area contributed by atoms with E-state index in [4.69, 9.17) is 14.9 Å². The van der Waals surface area contributed by atoms with Gasteiger partial charge in [0.05, 0.1) is 12.3 Å². The molecule has 0 aromatic heterocycles. The largest absolute Gasteiger partial charge is 0.481 e. The third-order valence-electron chi connectivity index (χ3n) is 8.99. The van der Waals surface area contributed by atoms with Crippen LogP contribution in [0.4, 0.5) is 0 Å². The minimum absolute atomic E-state index is 0.182. The smallest absolute Gasteiger partial charge is 0.310 e. The Morgan fingerprint density at radius 3 is 1.58 bits per heavy atom. The molecule has 0 aliphatic rings. The van der Waals surface area contributed by atoms with Crippen LogP contribution >= 0.6 is 0 Å². The van der Waals surface area contributed by atoms with Crippen LogP contribution < -0.4 is 0 Å². The van der Waals surface area contributed by atoms with Crippen molar-refractivity contribution >= 4 is 23.9 Å². The van der Waals surface area contributed by atoms with Crippen molar-refractivity contribution in [1.29, 1.82) is 0 Å². The van der Waals surface area contributed by atoms with Crippen LogP contribution in [0.15, 0.2) is 24.3 Å². The first kappa shape index (κ1) is 45.4. The highest BCUT2D eigenvalue weighted by Crippen LogP contribution is 2.28. The minimum Gasteiger partial charge on any atom is -0.481 e. The molecule has 3 N–H and O–H groups in total. The number of esters is 1. The van der Waals surface area contributed by atoms with Gasteiger partial charge in [-0.2, -0.15) is 0 Å². The van der Waals surface area contributed by atoms with E-state index in [1.165, 1.54) is 25.7 Å². The van der Waals surface area contributed by atoms with Crippen LogP contribution in [0.5, 0.6) is 0 Å². The molecule has 0 aromatic rings. The standard InChI is InChI=1S/C40H70O8/c1-3-5-7-9-12-16-21-27-34(28-22-17-15-20-26-32-38(43)44)36(33-39(45)46)40(47)48-35(29-23-8-6-4-2)30-24-18-13-10-11-14-19-25-31-37(41)42/h18,21,24,27,34-36H,3-17,19-20,22-23,25-26,28-33H2,1-2H3,(H,41,42)(H,43,44)(H,45,46)/b24-18-,27-21-. The van der Waals surface area contributed by atoms with E-state index in [1.54, 1.807) is 0 Å². The molecule has 0 saturated heterocycles. The fraction of sp³-hybridized carbons (Fsp3) is 0.800. The van der Waals surface area contributed by atoms with Crippen molar-refractivity contribution in [3.63, 3.8) is 0 Å². The van der Waals surface area contributed by atoms with E-state index in [9.17, 15) is 24.3 Å². The molecule has 0 aliphatic heterocycles. The number of rotatable bonds is 35. The number of hydrogen-bond acceptors (Lipinski definition) is 5. The lowest BCUT2D eigenvalue weighted by atomic mass is 9.84. The van der Waals surface area contributed by atoms with Gasteiger partial charge in [-0.15, -0.1) is 0 Å². The second-order valence-corrected chi connectivity index (χ2v) is 13.5. The Bertz CT molecular complexity index is 880.